The Hall–Kier alpha value is -1.59. The van der Waals surface area contributed by atoms with Crippen molar-refractivity contribution in [3.63, 3.8) is 0 Å². The predicted octanol–water partition coefficient (Wildman–Crippen LogP) is -0.616. The van der Waals surface area contributed by atoms with Crippen LogP contribution in [0.25, 0.3) is 0 Å². The molecular formula is C13H16ClN3O4. The first-order valence-corrected chi connectivity index (χ1v) is 6.64. The van der Waals surface area contributed by atoms with Crippen LogP contribution in [0.5, 0.6) is 0 Å². The maximum Gasteiger partial charge on any atom is 0.351 e. The summed E-state index contributed by atoms with van der Waals surface area (Å²) in [6.45, 7) is 3.04. The number of ether oxygens (including phenoxy) is 1. The molecule has 1 aromatic rings. The van der Waals surface area contributed by atoms with Gasteiger partial charge in [0.05, 0.1) is 6.10 Å². The zero-order chi connectivity index (χ0) is 15.9. The second kappa shape index (κ2) is 5.31. The molecule has 114 valence electrons. The summed E-state index contributed by atoms with van der Waals surface area (Å²) < 4.78 is 6.66. The highest BCUT2D eigenvalue weighted by Gasteiger charge is 2.57. The molecule has 1 aliphatic heterocycles. The first-order chi connectivity index (χ1) is 9.72. The number of aliphatic hydroxyl groups is 2. The number of rotatable bonds is 2. The molecule has 1 saturated heterocycles. The average molecular weight is 314 g/mol. The number of halogens is 1. The van der Waals surface area contributed by atoms with Crippen molar-refractivity contribution in [1.82, 2.24) is 9.55 Å². The lowest BCUT2D eigenvalue weighted by molar-refractivity contribution is -0.0777. The standard InChI is InChI=1S/C13H16ClN3O4/c1-4-13(14)10(19)9(7(3)18)21-11(13)17-6(2)5-8(15)16-12(17)20/h1,5,7,9-11,18-19H,2-3H3,(H2,15,16,20)/t7-,9-,10+,11-,13?/m1/s1. The lowest BCUT2D eigenvalue weighted by Crippen LogP contribution is -2.45. The summed E-state index contributed by atoms with van der Waals surface area (Å²) >= 11 is 6.29. The number of anilines is 1. The average Bonchev–Trinajstić information content (AvgIpc) is 2.63. The monoisotopic (exact) mass is 313 g/mol. The summed E-state index contributed by atoms with van der Waals surface area (Å²) in [5.41, 5.74) is 5.23. The fourth-order valence-electron chi connectivity index (χ4n) is 2.41. The molecule has 0 aromatic carbocycles. The molecule has 2 heterocycles. The van der Waals surface area contributed by atoms with Crippen molar-refractivity contribution in [1.29, 1.82) is 0 Å². The van der Waals surface area contributed by atoms with Gasteiger partial charge in [0.15, 0.2) is 11.1 Å². The Morgan fingerprint density at radius 1 is 1.71 bits per heavy atom. The molecule has 7 nitrogen and oxygen atoms in total. The lowest BCUT2D eigenvalue weighted by atomic mass is 9.97. The number of nitrogens with two attached hydrogens (primary N) is 1. The highest BCUT2D eigenvalue weighted by molar-refractivity contribution is 6.27. The van der Waals surface area contributed by atoms with E-state index in [9.17, 15) is 15.0 Å². The van der Waals surface area contributed by atoms with E-state index in [4.69, 9.17) is 28.5 Å². The van der Waals surface area contributed by atoms with Gasteiger partial charge in [-0.05, 0) is 19.9 Å². The lowest BCUT2D eigenvalue weighted by Gasteiger charge is -2.26. The third-order valence-electron chi connectivity index (χ3n) is 3.49. The number of aliphatic hydroxyl groups excluding tert-OH is 2. The van der Waals surface area contributed by atoms with Crippen molar-refractivity contribution in [2.75, 3.05) is 5.73 Å². The van der Waals surface area contributed by atoms with Gasteiger partial charge in [-0.3, -0.25) is 4.57 Å². The van der Waals surface area contributed by atoms with Crippen molar-refractivity contribution in [3.8, 4) is 12.3 Å². The van der Waals surface area contributed by atoms with E-state index in [1.807, 2.05) is 0 Å². The van der Waals surface area contributed by atoms with E-state index >= 15 is 0 Å². The molecule has 0 bridgehead atoms. The third-order valence-corrected chi connectivity index (χ3v) is 4.01. The Balaban J connectivity index is 2.59. The second-order valence-corrected chi connectivity index (χ2v) is 5.65. The van der Waals surface area contributed by atoms with Crippen LogP contribution in [0.2, 0.25) is 0 Å². The van der Waals surface area contributed by atoms with Gasteiger partial charge in [-0.1, -0.05) is 17.5 Å². The van der Waals surface area contributed by atoms with Crippen LogP contribution >= 0.6 is 11.6 Å². The maximum absolute atomic E-state index is 12.1. The zero-order valence-electron chi connectivity index (χ0n) is 11.5. The quantitative estimate of drug-likeness (QED) is 0.496. The smallest absolute Gasteiger partial charge is 0.351 e. The van der Waals surface area contributed by atoms with Crippen molar-refractivity contribution >= 4 is 17.4 Å². The Bertz CT molecular complexity index is 654. The fourth-order valence-corrected chi connectivity index (χ4v) is 2.68. The third kappa shape index (κ3) is 2.40. The zero-order valence-corrected chi connectivity index (χ0v) is 12.3. The number of terminal acetylenes is 1. The summed E-state index contributed by atoms with van der Waals surface area (Å²) in [5.74, 6) is 2.31. The van der Waals surface area contributed by atoms with Crippen molar-refractivity contribution in [2.24, 2.45) is 0 Å². The van der Waals surface area contributed by atoms with Crippen LogP contribution in [0, 0.1) is 19.3 Å². The van der Waals surface area contributed by atoms with Crippen LogP contribution in [0.1, 0.15) is 18.8 Å². The van der Waals surface area contributed by atoms with Gasteiger partial charge in [0.1, 0.15) is 18.0 Å². The molecular weight excluding hydrogens is 298 g/mol. The number of nitrogens with zero attached hydrogens (tertiary/aromatic N) is 2. The molecule has 1 aliphatic rings. The molecule has 4 N–H and O–H groups in total. The van der Waals surface area contributed by atoms with E-state index in [1.54, 1.807) is 6.92 Å². The molecule has 1 fully saturated rings. The van der Waals surface area contributed by atoms with Gasteiger partial charge >= 0.3 is 5.69 Å². The normalized spacial score (nSPS) is 33.6. The fraction of sp³-hybridized carbons (Fsp3) is 0.538. The second-order valence-electron chi connectivity index (χ2n) is 5.03. The number of hydrogen-bond donors (Lipinski definition) is 3. The summed E-state index contributed by atoms with van der Waals surface area (Å²) in [5, 5.41) is 19.9. The molecule has 0 amide bonds. The minimum Gasteiger partial charge on any atom is -0.391 e. The number of alkyl halides is 1. The Morgan fingerprint density at radius 3 is 2.81 bits per heavy atom. The van der Waals surface area contributed by atoms with E-state index in [2.05, 4.69) is 10.9 Å². The topological polar surface area (TPSA) is 111 Å². The summed E-state index contributed by atoms with van der Waals surface area (Å²) in [6, 6.07) is 1.46. The van der Waals surface area contributed by atoms with Crippen LogP contribution in [0.3, 0.4) is 0 Å². The van der Waals surface area contributed by atoms with Gasteiger partial charge < -0.3 is 20.7 Å². The molecule has 2 rings (SSSR count). The highest BCUT2D eigenvalue weighted by atomic mass is 35.5. The number of hydrogen-bond acceptors (Lipinski definition) is 6. The number of aromatic nitrogens is 2. The van der Waals surface area contributed by atoms with Crippen molar-refractivity contribution in [3.05, 3.63) is 22.2 Å². The molecule has 0 saturated carbocycles. The Labute approximate surface area is 126 Å². The Kier molecular flexibility index (Phi) is 4.00. The number of aryl methyl sites for hydroxylation is 1. The van der Waals surface area contributed by atoms with Gasteiger partial charge in [0, 0.05) is 5.69 Å². The first kappa shape index (κ1) is 15.8. The van der Waals surface area contributed by atoms with Crippen LogP contribution in [0.4, 0.5) is 5.82 Å². The molecule has 0 spiro atoms. The molecule has 5 atom stereocenters. The molecule has 0 radical (unpaired) electrons. The van der Waals surface area contributed by atoms with Crippen LogP contribution < -0.4 is 11.4 Å². The molecule has 0 aliphatic carbocycles. The minimum absolute atomic E-state index is 0.0558. The molecule has 8 heteroatoms. The highest BCUT2D eigenvalue weighted by Crippen LogP contribution is 2.43. The summed E-state index contributed by atoms with van der Waals surface area (Å²) in [4.78, 5) is 14.0. The maximum atomic E-state index is 12.1. The predicted molar refractivity (Wildman–Crippen MR) is 76.7 cm³/mol. The first-order valence-electron chi connectivity index (χ1n) is 6.26. The van der Waals surface area contributed by atoms with E-state index in [0.717, 1.165) is 4.57 Å². The number of nitrogen functional groups attached to an aromatic ring is 1. The summed E-state index contributed by atoms with van der Waals surface area (Å²) in [7, 11) is 0. The minimum atomic E-state index is -1.70. The molecule has 1 unspecified atom stereocenters. The van der Waals surface area contributed by atoms with E-state index in [1.165, 1.54) is 13.0 Å². The van der Waals surface area contributed by atoms with Gasteiger partial charge in [-0.2, -0.15) is 4.98 Å². The molecule has 1 aromatic heterocycles. The van der Waals surface area contributed by atoms with Crippen LogP contribution in [-0.2, 0) is 4.74 Å². The van der Waals surface area contributed by atoms with E-state index in [0.29, 0.717) is 5.69 Å². The summed E-state index contributed by atoms with van der Waals surface area (Å²) in [6.07, 6.45) is 0.858. The van der Waals surface area contributed by atoms with Gasteiger partial charge in [-0.25, -0.2) is 4.79 Å². The Morgan fingerprint density at radius 2 is 2.33 bits per heavy atom. The van der Waals surface area contributed by atoms with Gasteiger partial charge in [0.2, 0.25) is 0 Å². The van der Waals surface area contributed by atoms with Gasteiger partial charge in [-0.15, -0.1) is 6.42 Å². The molecule has 21 heavy (non-hydrogen) atoms. The van der Waals surface area contributed by atoms with Crippen molar-refractivity contribution in [2.45, 2.75) is 43.3 Å². The van der Waals surface area contributed by atoms with Crippen LogP contribution in [-0.4, -0.2) is 43.0 Å². The SMILES string of the molecule is C#CC1(Cl)[C@@H](O)[C@@H]([C@@H](C)O)O[C@H]1n1c(C)cc(N)nc1=O. The van der Waals surface area contributed by atoms with Crippen molar-refractivity contribution < 1.29 is 14.9 Å². The van der Waals surface area contributed by atoms with E-state index in [-0.39, 0.29) is 5.82 Å². The largest absolute Gasteiger partial charge is 0.391 e. The van der Waals surface area contributed by atoms with Gasteiger partial charge in [0.25, 0.3) is 0 Å². The van der Waals surface area contributed by atoms with Crippen LogP contribution in [0.15, 0.2) is 10.9 Å². The van der Waals surface area contributed by atoms with E-state index < -0.39 is 35.1 Å².